The van der Waals surface area contributed by atoms with Crippen LogP contribution in [-0.2, 0) is 9.53 Å². The molecular weight excluding hydrogens is 238 g/mol. The average molecular weight is 253 g/mol. The summed E-state index contributed by atoms with van der Waals surface area (Å²) < 4.78 is 4.51. The number of nitrogens with zero attached hydrogens (tertiary/aromatic N) is 1. The molecule has 0 heterocycles. The molecule has 0 saturated carbocycles. The number of benzene rings is 1. The van der Waals surface area contributed by atoms with Gasteiger partial charge in [-0.25, -0.2) is 0 Å². The Labute approximate surface area is 104 Å². The molecule has 0 radical (unpaired) electrons. The van der Waals surface area contributed by atoms with Crippen LogP contribution in [0.25, 0.3) is 0 Å². The van der Waals surface area contributed by atoms with Gasteiger partial charge in [0.15, 0.2) is 0 Å². The minimum atomic E-state index is -0.941. The van der Waals surface area contributed by atoms with Crippen LogP contribution in [-0.4, -0.2) is 23.1 Å². The first kappa shape index (κ1) is 14.1. The summed E-state index contributed by atoms with van der Waals surface area (Å²) in [7, 11) is 1.27. The number of aliphatic hydroxyl groups is 1. The van der Waals surface area contributed by atoms with E-state index in [1.165, 1.54) is 25.3 Å². The summed E-state index contributed by atoms with van der Waals surface area (Å²) in [6, 6.07) is 5.74. The Bertz CT molecular complexity index is 446. The van der Waals surface area contributed by atoms with Crippen LogP contribution >= 0.6 is 0 Å². The fraction of sp³-hybridized carbons (Fsp3) is 0.417. The van der Waals surface area contributed by atoms with Crippen LogP contribution in [0.3, 0.4) is 0 Å². The third-order valence-electron chi connectivity index (χ3n) is 2.68. The molecule has 1 aromatic carbocycles. The number of non-ortho nitro benzene ring substituents is 1. The molecule has 2 unspecified atom stereocenters. The maximum Gasteiger partial charge on any atom is 0.305 e. The summed E-state index contributed by atoms with van der Waals surface area (Å²) >= 11 is 0. The van der Waals surface area contributed by atoms with E-state index in [1.807, 2.05) is 0 Å². The van der Waals surface area contributed by atoms with Gasteiger partial charge in [-0.15, -0.1) is 0 Å². The summed E-state index contributed by atoms with van der Waals surface area (Å²) in [5.74, 6) is -0.800. The van der Waals surface area contributed by atoms with Crippen LogP contribution in [0.2, 0.25) is 0 Å². The fourth-order valence-electron chi connectivity index (χ4n) is 1.61. The molecule has 98 valence electrons. The highest BCUT2D eigenvalue weighted by atomic mass is 16.6. The monoisotopic (exact) mass is 253 g/mol. The zero-order valence-electron chi connectivity index (χ0n) is 10.2. The Morgan fingerprint density at radius 2 is 2.22 bits per heavy atom. The molecule has 0 aromatic heterocycles. The van der Waals surface area contributed by atoms with E-state index in [0.29, 0.717) is 5.56 Å². The van der Waals surface area contributed by atoms with E-state index >= 15 is 0 Å². The lowest BCUT2D eigenvalue weighted by molar-refractivity contribution is -0.385. The molecule has 1 rings (SSSR count). The first-order valence-corrected chi connectivity index (χ1v) is 5.45. The van der Waals surface area contributed by atoms with Crippen LogP contribution in [0.4, 0.5) is 5.69 Å². The SMILES string of the molecule is COC(=O)CC(C)C(O)c1cccc([N+](=O)[O-])c1. The first-order chi connectivity index (χ1) is 8.45. The predicted octanol–water partition coefficient (Wildman–Crippen LogP) is 1.83. The van der Waals surface area contributed by atoms with Crippen molar-refractivity contribution in [1.82, 2.24) is 0 Å². The van der Waals surface area contributed by atoms with E-state index in [0.717, 1.165) is 0 Å². The number of hydrogen-bond donors (Lipinski definition) is 1. The van der Waals surface area contributed by atoms with Crippen molar-refractivity contribution in [1.29, 1.82) is 0 Å². The van der Waals surface area contributed by atoms with E-state index < -0.39 is 17.0 Å². The number of nitro groups is 1. The Morgan fingerprint density at radius 3 is 2.78 bits per heavy atom. The number of rotatable bonds is 5. The van der Waals surface area contributed by atoms with E-state index in [4.69, 9.17) is 0 Å². The third-order valence-corrected chi connectivity index (χ3v) is 2.68. The minimum absolute atomic E-state index is 0.0559. The lowest BCUT2D eigenvalue weighted by Crippen LogP contribution is -2.15. The number of ether oxygens (including phenoxy) is 1. The van der Waals surface area contributed by atoms with Crippen molar-refractivity contribution in [3.8, 4) is 0 Å². The molecule has 1 aromatic rings. The van der Waals surface area contributed by atoms with Gasteiger partial charge < -0.3 is 9.84 Å². The third kappa shape index (κ3) is 3.53. The highest BCUT2D eigenvalue weighted by Crippen LogP contribution is 2.27. The smallest absolute Gasteiger partial charge is 0.305 e. The Balaban J connectivity index is 2.82. The van der Waals surface area contributed by atoms with Crippen molar-refractivity contribution in [3.05, 3.63) is 39.9 Å². The second-order valence-corrected chi connectivity index (χ2v) is 4.05. The standard InChI is InChI=1S/C12H15NO5/c1-8(6-11(14)18-2)12(15)9-4-3-5-10(7-9)13(16)17/h3-5,7-8,12,15H,6H2,1-2H3. The van der Waals surface area contributed by atoms with E-state index in [9.17, 15) is 20.0 Å². The largest absolute Gasteiger partial charge is 0.469 e. The average Bonchev–Trinajstić information content (AvgIpc) is 2.37. The summed E-state index contributed by atoms with van der Waals surface area (Å²) in [5.41, 5.74) is 0.331. The van der Waals surface area contributed by atoms with E-state index in [2.05, 4.69) is 4.74 Å². The van der Waals surface area contributed by atoms with Crippen LogP contribution in [0.15, 0.2) is 24.3 Å². The Morgan fingerprint density at radius 1 is 1.56 bits per heavy atom. The van der Waals surface area contributed by atoms with Crippen molar-refractivity contribution >= 4 is 11.7 Å². The number of esters is 1. The van der Waals surface area contributed by atoms with Gasteiger partial charge in [0.05, 0.1) is 24.6 Å². The van der Waals surface area contributed by atoms with Gasteiger partial charge in [-0.3, -0.25) is 14.9 Å². The molecule has 18 heavy (non-hydrogen) atoms. The van der Waals surface area contributed by atoms with Gasteiger partial charge in [0.25, 0.3) is 5.69 Å². The fourth-order valence-corrected chi connectivity index (χ4v) is 1.61. The highest BCUT2D eigenvalue weighted by Gasteiger charge is 2.21. The van der Waals surface area contributed by atoms with Gasteiger partial charge in [0, 0.05) is 12.1 Å². The molecule has 0 aliphatic rings. The Kier molecular flexibility index (Phi) is 4.79. The van der Waals surface area contributed by atoms with Gasteiger partial charge in [-0.1, -0.05) is 19.1 Å². The van der Waals surface area contributed by atoms with Crippen molar-refractivity contribution in [2.24, 2.45) is 5.92 Å². The molecular formula is C12H15NO5. The molecule has 0 spiro atoms. The van der Waals surface area contributed by atoms with Crippen molar-refractivity contribution in [2.75, 3.05) is 7.11 Å². The number of methoxy groups -OCH3 is 1. The lowest BCUT2D eigenvalue weighted by Gasteiger charge is -2.17. The second-order valence-electron chi connectivity index (χ2n) is 4.05. The second kappa shape index (κ2) is 6.11. The Hall–Kier alpha value is -1.95. The maximum atomic E-state index is 11.1. The molecule has 0 aliphatic carbocycles. The van der Waals surface area contributed by atoms with Gasteiger partial charge in [0.2, 0.25) is 0 Å². The molecule has 2 atom stereocenters. The van der Waals surface area contributed by atoms with Crippen LogP contribution in [0.1, 0.15) is 25.0 Å². The normalized spacial score (nSPS) is 13.7. The number of carbonyl (C=O) groups excluding carboxylic acids is 1. The van der Waals surface area contributed by atoms with Crippen LogP contribution in [0.5, 0.6) is 0 Å². The molecule has 0 bridgehead atoms. The summed E-state index contributed by atoms with van der Waals surface area (Å²) in [5, 5.41) is 20.6. The summed E-state index contributed by atoms with van der Waals surface area (Å²) in [6.07, 6.45) is -0.885. The number of nitro benzene ring substituents is 1. The number of aliphatic hydroxyl groups excluding tert-OH is 1. The van der Waals surface area contributed by atoms with Crippen molar-refractivity contribution in [3.63, 3.8) is 0 Å². The van der Waals surface area contributed by atoms with Crippen LogP contribution < -0.4 is 0 Å². The molecule has 1 N–H and O–H groups in total. The first-order valence-electron chi connectivity index (χ1n) is 5.45. The van der Waals surface area contributed by atoms with Gasteiger partial charge in [-0.05, 0) is 11.5 Å². The number of carbonyl (C=O) groups is 1. The lowest BCUT2D eigenvalue weighted by atomic mass is 9.94. The minimum Gasteiger partial charge on any atom is -0.469 e. The quantitative estimate of drug-likeness (QED) is 0.491. The van der Waals surface area contributed by atoms with E-state index in [1.54, 1.807) is 13.0 Å². The molecule has 6 heteroatoms. The molecule has 0 fully saturated rings. The summed E-state index contributed by atoms with van der Waals surface area (Å²) in [6.45, 7) is 1.68. The molecule has 0 amide bonds. The van der Waals surface area contributed by atoms with E-state index in [-0.39, 0.29) is 18.0 Å². The van der Waals surface area contributed by atoms with Crippen molar-refractivity contribution in [2.45, 2.75) is 19.4 Å². The predicted molar refractivity (Wildman–Crippen MR) is 63.9 cm³/mol. The zero-order chi connectivity index (χ0) is 13.7. The van der Waals surface area contributed by atoms with Crippen molar-refractivity contribution < 1.29 is 19.6 Å². The van der Waals surface area contributed by atoms with Gasteiger partial charge in [0.1, 0.15) is 0 Å². The zero-order valence-corrected chi connectivity index (χ0v) is 10.2. The van der Waals surface area contributed by atoms with Gasteiger partial charge >= 0.3 is 5.97 Å². The maximum absolute atomic E-state index is 11.1. The summed E-state index contributed by atoms with van der Waals surface area (Å²) in [4.78, 5) is 21.2. The van der Waals surface area contributed by atoms with Gasteiger partial charge in [-0.2, -0.15) is 0 Å². The number of hydrogen-bond acceptors (Lipinski definition) is 5. The molecule has 0 aliphatic heterocycles. The molecule has 6 nitrogen and oxygen atoms in total. The highest BCUT2D eigenvalue weighted by molar-refractivity contribution is 5.69. The van der Waals surface area contributed by atoms with Crippen LogP contribution in [0, 0.1) is 16.0 Å². The topological polar surface area (TPSA) is 89.7 Å². The molecule has 0 saturated heterocycles.